The first-order valence-corrected chi connectivity index (χ1v) is 13.3. The second-order valence-electron chi connectivity index (χ2n) is 13.1. The minimum Gasteiger partial charge on any atom is -0.393 e. The average molecular weight is 417 g/mol. The molecule has 2 saturated heterocycles. The van der Waals surface area contributed by atoms with Crippen molar-refractivity contribution >= 4 is 0 Å². The minimum absolute atomic E-state index is 0.0389. The van der Waals surface area contributed by atoms with E-state index in [4.69, 9.17) is 9.47 Å². The van der Waals surface area contributed by atoms with Gasteiger partial charge in [-0.2, -0.15) is 0 Å². The summed E-state index contributed by atoms with van der Waals surface area (Å²) in [6.45, 7) is 10.9. The summed E-state index contributed by atoms with van der Waals surface area (Å²) in [5.74, 6) is 4.93. The number of hydrogen-bond acceptors (Lipinski definition) is 3. The van der Waals surface area contributed by atoms with Gasteiger partial charge in [-0.05, 0) is 104 Å². The van der Waals surface area contributed by atoms with E-state index in [1.165, 1.54) is 44.9 Å². The van der Waals surface area contributed by atoms with Crippen LogP contribution in [-0.2, 0) is 9.47 Å². The first-order valence-electron chi connectivity index (χ1n) is 13.3. The molecule has 3 nitrogen and oxygen atoms in total. The third kappa shape index (κ3) is 2.61. The van der Waals surface area contributed by atoms with Crippen molar-refractivity contribution in [1.29, 1.82) is 0 Å². The van der Waals surface area contributed by atoms with E-state index in [1.54, 1.807) is 0 Å². The summed E-state index contributed by atoms with van der Waals surface area (Å²) >= 11 is 0. The Balaban J connectivity index is 1.26. The second kappa shape index (κ2) is 6.70. The highest BCUT2D eigenvalue weighted by atomic mass is 16.7. The fraction of sp³-hybridized carbons (Fsp3) is 1.00. The third-order valence-corrected chi connectivity index (χ3v) is 11.9. The van der Waals surface area contributed by atoms with E-state index in [2.05, 4.69) is 27.7 Å². The topological polar surface area (TPSA) is 38.7 Å². The van der Waals surface area contributed by atoms with E-state index in [9.17, 15) is 5.11 Å². The third-order valence-electron chi connectivity index (χ3n) is 11.9. The lowest BCUT2D eigenvalue weighted by atomic mass is 9.44. The van der Waals surface area contributed by atoms with E-state index >= 15 is 0 Å². The van der Waals surface area contributed by atoms with Gasteiger partial charge in [0.05, 0.1) is 18.8 Å². The molecule has 4 saturated carbocycles. The van der Waals surface area contributed by atoms with Crippen LogP contribution in [0.5, 0.6) is 0 Å². The number of hydrogen-bond donors (Lipinski definition) is 1. The monoisotopic (exact) mass is 416 g/mol. The second-order valence-corrected chi connectivity index (χ2v) is 13.1. The molecular weight excluding hydrogens is 372 g/mol. The van der Waals surface area contributed by atoms with E-state index in [-0.39, 0.29) is 11.9 Å². The van der Waals surface area contributed by atoms with Gasteiger partial charge in [-0.15, -0.1) is 0 Å². The maximum absolute atomic E-state index is 10.3. The number of ether oxygens (including phenoxy) is 2. The van der Waals surface area contributed by atoms with Crippen LogP contribution in [0.3, 0.4) is 0 Å². The predicted molar refractivity (Wildman–Crippen MR) is 118 cm³/mol. The van der Waals surface area contributed by atoms with E-state index in [1.807, 2.05) is 0 Å². The molecule has 170 valence electrons. The van der Waals surface area contributed by atoms with Gasteiger partial charge < -0.3 is 14.6 Å². The van der Waals surface area contributed by atoms with Crippen LogP contribution in [0.25, 0.3) is 0 Å². The van der Waals surface area contributed by atoms with Gasteiger partial charge >= 0.3 is 0 Å². The first kappa shape index (κ1) is 20.5. The Bertz CT molecular complexity index is 684. The summed E-state index contributed by atoms with van der Waals surface area (Å²) < 4.78 is 13.4. The van der Waals surface area contributed by atoms with Crippen LogP contribution in [-0.4, -0.2) is 29.7 Å². The molecule has 6 aliphatic rings. The Labute approximate surface area is 183 Å². The molecule has 3 heteroatoms. The average Bonchev–Trinajstić information content (AvgIpc) is 3.16. The van der Waals surface area contributed by atoms with Crippen LogP contribution >= 0.6 is 0 Å². The van der Waals surface area contributed by atoms with Crippen LogP contribution in [0.15, 0.2) is 0 Å². The molecule has 0 aromatic heterocycles. The highest BCUT2D eigenvalue weighted by molar-refractivity contribution is 5.15. The van der Waals surface area contributed by atoms with Gasteiger partial charge in [-0.3, -0.25) is 0 Å². The summed E-state index contributed by atoms with van der Waals surface area (Å²) in [6.07, 6.45) is 12.9. The van der Waals surface area contributed by atoms with Gasteiger partial charge in [-0.1, -0.05) is 27.7 Å². The highest BCUT2D eigenvalue weighted by Crippen LogP contribution is 2.71. The van der Waals surface area contributed by atoms with Crippen LogP contribution in [0.4, 0.5) is 0 Å². The fourth-order valence-electron chi connectivity index (χ4n) is 10.3. The van der Waals surface area contributed by atoms with Crippen molar-refractivity contribution in [2.45, 2.75) is 110 Å². The van der Waals surface area contributed by atoms with Crippen LogP contribution in [0, 0.1) is 52.3 Å². The van der Waals surface area contributed by atoms with Crippen molar-refractivity contribution in [1.82, 2.24) is 0 Å². The van der Waals surface area contributed by atoms with E-state index in [0.29, 0.717) is 34.7 Å². The number of rotatable bonds is 0. The smallest absolute Gasteiger partial charge is 0.171 e. The summed E-state index contributed by atoms with van der Waals surface area (Å²) in [5, 5.41) is 10.3. The number of aliphatic hydroxyl groups excluding tert-OH is 1. The zero-order chi connectivity index (χ0) is 20.9. The van der Waals surface area contributed by atoms with E-state index < -0.39 is 0 Å². The van der Waals surface area contributed by atoms with Crippen LogP contribution in [0.2, 0.25) is 0 Å². The summed E-state index contributed by atoms with van der Waals surface area (Å²) in [5.41, 5.74) is 0.899. The van der Waals surface area contributed by atoms with Gasteiger partial charge in [0.15, 0.2) is 5.79 Å². The standard InChI is InChI=1S/C27H44O3/c1-16-7-12-27(29-15-16)17(2)24-23(30-27)14-22-20-6-5-18-13-19(28)8-10-25(18,3)21(20)9-11-26(22,24)4/h16-24,28H,5-15H2,1-4H3/t16-,17+,18+,19-,20-,21+,22+,23+,24+,25+,26+,27?/m1/s1. The molecule has 6 fully saturated rings. The van der Waals surface area contributed by atoms with Crippen molar-refractivity contribution in [2.75, 3.05) is 6.61 Å². The zero-order valence-electron chi connectivity index (χ0n) is 19.7. The molecule has 0 aromatic rings. The maximum atomic E-state index is 10.3. The molecule has 1 spiro atoms. The van der Waals surface area contributed by atoms with Crippen LogP contribution in [0.1, 0.15) is 91.9 Å². The van der Waals surface area contributed by atoms with Gasteiger partial charge in [0, 0.05) is 12.3 Å². The molecule has 1 unspecified atom stereocenters. The van der Waals surface area contributed by atoms with Gasteiger partial charge in [0.1, 0.15) is 0 Å². The normalized spacial score (nSPS) is 62.5. The molecule has 2 aliphatic heterocycles. The minimum atomic E-state index is -0.282. The zero-order valence-corrected chi connectivity index (χ0v) is 19.7. The van der Waals surface area contributed by atoms with Gasteiger partial charge in [0.25, 0.3) is 0 Å². The van der Waals surface area contributed by atoms with E-state index in [0.717, 1.165) is 49.5 Å². The predicted octanol–water partition coefficient (Wildman–Crippen LogP) is 5.79. The molecule has 6 rings (SSSR count). The molecule has 1 N–H and O–H groups in total. The van der Waals surface area contributed by atoms with Crippen molar-refractivity contribution < 1.29 is 14.6 Å². The first-order chi connectivity index (χ1) is 14.3. The largest absolute Gasteiger partial charge is 0.393 e. The lowest BCUT2D eigenvalue weighted by molar-refractivity contribution is -0.273. The van der Waals surface area contributed by atoms with Crippen molar-refractivity contribution in [3.63, 3.8) is 0 Å². The Morgan fingerprint density at radius 2 is 1.63 bits per heavy atom. The molecule has 0 bridgehead atoms. The Kier molecular flexibility index (Phi) is 4.58. The molecule has 2 heterocycles. The SMILES string of the molecule is C[C@@H]1CCC2(OC1)O[C@H]1C[C@H]3[C@@H]4CC[C@H]5C[C@H](O)CC[C@]5(C)[C@H]4CC[C@]3(C)[C@H]1[C@@H]2C. The summed E-state index contributed by atoms with van der Waals surface area (Å²) in [4.78, 5) is 0. The molecule has 4 aliphatic carbocycles. The Hall–Kier alpha value is -0.120. The highest BCUT2D eigenvalue weighted by Gasteiger charge is 2.69. The molecule has 12 atom stereocenters. The molecule has 0 radical (unpaired) electrons. The number of aliphatic hydroxyl groups is 1. The van der Waals surface area contributed by atoms with Crippen molar-refractivity contribution in [3.05, 3.63) is 0 Å². The maximum Gasteiger partial charge on any atom is 0.171 e. The molecule has 0 aromatic carbocycles. The molecule has 0 amide bonds. The Morgan fingerprint density at radius 1 is 0.833 bits per heavy atom. The van der Waals surface area contributed by atoms with Gasteiger partial charge in [0.2, 0.25) is 0 Å². The Morgan fingerprint density at radius 3 is 2.40 bits per heavy atom. The summed E-state index contributed by atoms with van der Waals surface area (Å²) in [7, 11) is 0. The van der Waals surface area contributed by atoms with Crippen LogP contribution < -0.4 is 0 Å². The lowest BCUT2D eigenvalue weighted by Gasteiger charge is -2.61. The molecular formula is C27H44O3. The lowest BCUT2D eigenvalue weighted by Crippen LogP contribution is -2.55. The van der Waals surface area contributed by atoms with Crippen molar-refractivity contribution in [3.8, 4) is 0 Å². The van der Waals surface area contributed by atoms with Gasteiger partial charge in [-0.25, -0.2) is 0 Å². The number of fused-ring (bicyclic) bond motifs is 7. The summed E-state index contributed by atoms with van der Waals surface area (Å²) in [6, 6.07) is 0. The molecule has 30 heavy (non-hydrogen) atoms. The fourth-order valence-corrected chi connectivity index (χ4v) is 10.3. The van der Waals surface area contributed by atoms with Crippen molar-refractivity contribution in [2.24, 2.45) is 52.3 Å². The quantitative estimate of drug-likeness (QED) is 0.543.